The van der Waals surface area contributed by atoms with Crippen LogP contribution in [0.1, 0.15) is 36.7 Å². The summed E-state index contributed by atoms with van der Waals surface area (Å²) < 4.78 is 5.15. The van der Waals surface area contributed by atoms with Crippen molar-refractivity contribution in [2.45, 2.75) is 31.2 Å². The number of anilines is 1. The maximum absolute atomic E-state index is 12.5. The van der Waals surface area contributed by atoms with Crippen molar-refractivity contribution in [2.24, 2.45) is 0 Å². The van der Waals surface area contributed by atoms with Gasteiger partial charge in [-0.15, -0.1) is 0 Å². The van der Waals surface area contributed by atoms with Gasteiger partial charge in [-0.05, 0) is 62.7 Å². The Kier molecular flexibility index (Phi) is 5.28. The fourth-order valence-electron chi connectivity index (χ4n) is 2.57. The molecule has 0 saturated heterocycles. The summed E-state index contributed by atoms with van der Waals surface area (Å²) >= 11 is 1.39. The van der Waals surface area contributed by atoms with Crippen LogP contribution in [-0.2, 0) is 4.79 Å². The first-order valence-corrected chi connectivity index (χ1v) is 9.38. The van der Waals surface area contributed by atoms with Gasteiger partial charge in [0.25, 0.3) is 11.8 Å². The second-order valence-corrected chi connectivity index (χ2v) is 8.34. The molecule has 0 aliphatic carbocycles. The second kappa shape index (κ2) is 7.48. The summed E-state index contributed by atoms with van der Waals surface area (Å²) in [7, 11) is 1.62. The number of fused-ring (bicyclic) bond motifs is 1. The van der Waals surface area contributed by atoms with Gasteiger partial charge in [0.05, 0.1) is 17.7 Å². The Balaban J connectivity index is 1.82. The van der Waals surface area contributed by atoms with Crippen LogP contribution < -0.4 is 15.4 Å². The van der Waals surface area contributed by atoms with Crippen molar-refractivity contribution in [3.8, 4) is 5.75 Å². The summed E-state index contributed by atoms with van der Waals surface area (Å²) in [6, 6.07) is 12.8. The molecule has 1 aliphatic heterocycles. The number of methoxy groups -OCH3 is 1. The predicted octanol–water partition coefficient (Wildman–Crippen LogP) is 4.31. The fourth-order valence-corrected chi connectivity index (χ4v) is 3.50. The number of nitrogens with one attached hydrogen (secondary N) is 2. The van der Waals surface area contributed by atoms with Crippen LogP contribution in [0.15, 0.2) is 52.3 Å². The molecule has 0 spiro atoms. The number of carbonyl (C=O) groups is 2. The van der Waals surface area contributed by atoms with E-state index in [-0.39, 0.29) is 17.4 Å². The Labute approximate surface area is 163 Å². The van der Waals surface area contributed by atoms with Crippen LogP contribution in [0.3, 0.4) is 0 Å². The number of ether oxygens (including phenoxy) is 1. The van der Waals surface area contributed by atoms with Crippen LogP contribution in [0.2, 0.25) is 0 Å². The maximum Gasteiger partial charge on any atom is 0.262 e. The van der Waals surface area contributed by atoms with E-state index in [0.717, 1.165) is 16.2 Å². The van der Waals surface area contributed by atoms with E-state index in [2.05, 4.69) is 10.6 Å². The minimum Gasteiger partial charge on any atom is -0.497 e. The molecule has 1 heterocycles. The van der Waals surface area contributed by atoms with E-state index in [4.69, 9.17) is 4.74 Å². The fraction of sp³-hybridized carbons (Fsp3) is 0.238. The van der Waals surface area contributed by atoms with E-state index in [9.17, 15) is 9.59 Å². The highest BCUT2D eigenvalue weighted by molar-refractivity contribution is 8.04. The quantitative estimate of drug-likeness (QED) is 0.777. The molecular weight excluding hydrogens is 360 g/mol. The number of benzene rings is 2. The third-order valence-corrected chi connectivity index (χ3v) is 4.93. The van der Waals surface area contributed by atoms with Gasteiger partial charge in [0.1, 0.15) is 5.75 Å². The molecule has 0 atom stereocenters. The molecule has 0 unspecified atom stereocenters. The van der Waals surface area contributed by atoms with Crippen molar-refractivity contribution in [3.05, 3.63) is 58.5 Å². The molecule has 2 aromatic carbocycles. The molecule has 5 nitrogen and oxygen atoms in total. The molecule has 6 heteroatoms. The van der Waals surface area contributed by atoms with E-state index in [1.807, 2.05) is 57.2 Å². The lowest BCUT2D eigenvalue weighted by Crippen LogP contribution is -2.40. The monoisotopic (exact) mass is 382 g/mol. The van der Waals surface area contributed by atoms with Gasteiger partial charge < -0.3 is 15.4 Å². The van der Waals surface area contributed by atoms with Crippen molar-refractivity contribution in [3.63, 3.8) is 0 Å². The lowest BCUT2D eigenvalue weighted by molar-refractivity contribution is -0.112. The summed E-state index contributed by atoms with van der Waals surface area (Å²) in [6.07, 6.45) is 1.84. The lowest BCUT2D eigenvalue weighted by atomic mass is 10.1. The number of hydrogen-bond donors (Lipinski definition) is 2. The number of amides is 2. The largest absolute Gasteiger partial charge is 0.497 e. The van der Waals surface area contributed by atoms with E-state index in [0.29, 0.717) is 16.2 Å². The van der Waals surface area contributed by atoms with Crippen LogP contribution >= 0.6 is 11.8 Å². The Morgan fingerprint density at radius 1 is 1.15 bits per heavy atom. The topological polar surface area (TPSA) is 67.4 Å². The summed E-state index contributed by atoms with van der Waals surface area (Å²) in [5, 5.41) is 5.80. The average molecular weight is 382 g/mol. The summed E-state index contributed by atoms with van der Waals surface area (Å²) in [4.78, 5) is 26.3. The highest BCUT2D eigenvalue weighted by Gasteiger charge is 2.23. The maximum atomic E-state index is 12.5. The molecule has 2 aromatic rings. The van der Waals surface area contributed by atoms with Gasteiger partial charge in [-0.3, -0.25) is 9.59 Å². The zero-order chi connectivity index (χ0) is 19.6. The zero-order valence-electron chi connectivity index (χ0n) is 15.8. The standard InChI is InChI=1S/C21H22N2O3S/c1-21(2,3)23-19(24)14-7-10-17-16(12-14)22-20(25)18(27-17)11-13-5-8-15(26-4)9-6-13/h5-12H,1-4H3,(H,22,25)(H,23,24)/b18-11+. The van der Waals surface area contributed by atoms with Crippen molar-refractivity contribution < 1.29 is 14.3 Å². The summed E-state index contributed by atoms with van der Waals surface area (Å²) in [5.74, 6) is 0.421. The summed E-state index contributed by atoms with van der Waals surface area (Å²) in [5.41, 5.74) is 1.77. The highest BCUT2D eigenvalue weighted by atomic mass is 32.2. The van der Waals surface area contributed by atoms with Gasteiger partial charge in [-0.1, -0.05) is 23.9 Å². The number of hydrogen-bond acceptors (Lipinski definition) is 4. The number of rotatable bonds is 3. The number of carbonyl (C=O) groups excluding carboxylic acids is 2. The normalized spacial score (nSPS) is 15.1. The molecule has 2 amide bonds. The van der Waals surface area contributed by atoms with Gasteiger partial charge in [-0.25, -0.2) is 0 Å². The van der Waals surface area contributed by atoms with Crippen LogP contribution in [-0.4, -0.2) is 24.5 Å². The first kappa shape index (κ1) is 19.0. The third kappa shape index (κ3) is 4.71. The van der Waals surface area contributed by atoms with E-state index < -0.39 is 0 Å². The van der Waals surface area contributed by atoms with Crippen LogP contribution in [0.4, 0.5) is 5.69 Å². The van der Waals surface area contributed by atoms with E-state index >= 15 is 0 Å². The van der Waals surface area contributed by atoms with E-state index in [1.165, 1.54) is 11.8 Å². The minimum absolute atomic E-state index is 0.163. The van der Waals surface area contributed by atoms with Crippen LogP contribution in [0, 0.1) is 0 Å². The molecule has 140 valence electrons. The Morgan fingerprint density at radius 3 is 2.48 bits per heavy atom. The first-order valence-electron chi connectivity index (χ1n) is 8.57. The van der Waals surface area contributed by atoms with Gasteiger partial charge in [0.2, 0.25) is 0 Å². The van der Waals surface area contributed by atoms with Crippen molar-refractivity contribution in [1.29, 1.82) is 0 Å². The minimum atomic E-state index is -0.320. The highest BCUT2D eigenvalue weighted by Crippen LogP contribution is 2.39. The molecule has 1 aliphatic rings. The van der Waals surface area contributed by atoms with Crippen molar-refractivity contribution in [2.75, 3.05) is 12.4 Å². The van der Waals surface area contributed by atoms with E-state index in [1.54, 1.807) is 19.2 Å². The second-order valence-electron chi connectivity index (χ2n) is 7.25. The zero-order valence-corrected chi connectivity index (χ0v) is 16.6. The van der Waals surface area contributed by atoms with Crippen molar-refractivity contribution >= 4 is 35.3 Å². The Bertz CT molecular complexity index is 912. The molecule has 3 rings (SSSR count). The Morgan fingerprint density at radius 2 is 1.85 bits per heavy atom. The molecule has 0 aromatic heterocycles. The predicted molar refractivity (Wildman–Crippen MR) is 109 cm³/mol. The van der Waals surface area contributed by atoms with Crippen molar-refractivity contribution in [1.82, 2.24) is 5.32 Å². The lowest BCUT2D eigenvalue weighted by Gasteiger charge is -2.22. The molecule has 0 radical (unpaired) electrons. The van der Waals surface area contributed by atoms with Gasteiger partial charge in [0, 0.05) is 16.0 Å². The molecular formula is C21H22N2O3S. The smallest absolute Gasteiger partial charge is 0.262 e. The number of thioether (sulfide) groups is 1. The molecule has 2 N–H and O–H groups in total. The molecule has 0 saturated carbocycles. The Hall–Kier alpha value is -2.73. The van der Waals surface area contributed by atoms with Gasteiger partial charge in [0.15, 0.2) is 0 Å². The first-order chi connectivity index (χ1) is 12.7. The van der Waals surface area contributed by atoms with Gasteiger partial charge in [-0.2, -0.15) is 0 Å². The molecule has 27 heavy (non-hydrogen) atoms. The van der Waals surface area contributed by atoms with Crippen LogP contribution in [0.5, 0.6) is 5.75 Å². The molecule has 0 bridgehead atoms. The molecule has 0 fully saturated rings. The van der Waals surface area contributed by atoms with Gasteiger partial charge >= 0.3 is 0 Å². The summed E-state index contributed by atoms with van der Waals surface area (Å²) in [6.45, 7) is 5.78. The SMILES string of the molecule is COc1ccc(/C=C2/Sc3ccc(C(=O)NC(C)(C)C)cc3NC2=O)cc1. The third-order valence-electron chi connectivity index (χ3n) is 3.84. The van der Waals surface area contributed by atoms with Crippen LogP contribution in [0.25, 0.3) is 6.08 Å². The average Bonchev–Trinajstić information content (AvgIpc) is 2.61.